The van der Waals surface area contributed by atoms with Gasteiger partial charge in [0.1, 0.15) is 0 Å². The lowest BCUT2D eigenvalue weighted by Crippen LogP contribution is -2.34. The minimum absolute atomic E-state index is 0. The van der Waals surface area contributed by atoms with Gasteiger partial charge in [-0.15, -0.1) is 22.6 Å². The van der Waals surface area contributed by atoms with E-state index in [1.807, 2.05) is 12.1 Å². The second-order valence-corrected chi connectivity index (χ2v) is 3.94. The molecule has 0 saturated carbocycles. The number of morpholine rings is 1. The molecule has 96 valence electrons. The number of benzene rings is 1. The van der Waals surface area contributed by atoms with Gasteiger partial charge in [-0.3, -0.25) is 0 Å². The summed E-state index contributed by atoms with van der Waals surface area (Å²) in [5, 5.41) is 17.3. The molecular formula is C11H14ClN5O. The van der Waals surface area contributed by atoms with Gasteiger partial charge >= 0.3 is 0 Å². The molecule has 1 aliphatic rings. The van der Waals surface area contributed by atoms with Crippen LogP contribution in [-0.2, 0) is 4.74 Å². The van der Waals surface area contributed by atoms with Crippen molar-refractivity contribution in [3.63, 3.8) is 0 Å². The SMILES string of the molecule is Cl.c1cc([C@H]2COCCN2)ccc1-c1nn[nH]n1. The molecule has 1 saturated heterocycles. The van der Waals surface area contributed by atoms with E-state index in [-0.39, 0.29) is 18.4 Å². The third kappa shape index (κ3) is 2.66. The topological polar surface area (TPSA) is 75.7 Å². The summed E-state index contributed by atoms with van der Waals surface area (Å²) in [4.78, 5) is 0. The number of hydrogen-bond donors (Lipinski definition) is 2. The van der Waals surface area contributed by atoms with Gasteiger partial charge in [-0.1, -0.05) is 24.3 Å². The van der Waals surface area contributed by atoms with Gasteiger partial charge in [0.2, 0.25) is 5.82 Å². The van der Waals surface area contributed by atoms with E-state index in [2.05, 4.69) is 38.1 Å². The van der Waals surface area contributed by atoms with Crippen molar-refractivity contribution in [2.75, 3.05) is 19.8 Å². The zero-order valence-corrected chi connectivity index (χ0v) is 10.5. The third-order valence-electron chi connectivity index (χ3n) is 2.84. The second-order valence-electron chi connectivity index (χ2n) is 3.94. The minimum atomic E-state index is 0. The average Bonchev–Trinajstić information content (AvgIpc) is 2.94. The molecule has 3 rings (SSSR count). The molecule has 0 spiro atoms. The normalized spacial score (nSPS) is 19.2. The fraction of sp³-hybridized carbons (Fsp3) is 0.364. The van der Waals surface area contributed by atoms with Crippen LogP contribution in [0.5, 0.6) is 0 Å². The molecule has 0 bridgehead atoms. The zero-order valence-electron chi connectivity index (χ0n) is 9.67. The summed E-state index contributed by atoms with van der Waals surface area (Å²) in [6.45, 7) is 2.41. The quantitative estimate of drug-likeness (QED) is 0.847. The number of aromatic amines is 1. The lowest BCUT2D eigenvalue weighted by atomic mass is 10.0. The van der Waals surface area contributed by atoms with Crippen LogP contribution in [0.25, 0.3) is 11.4 Å². The van der Waals surface area contributed by atoms with E-state index in [0.717, 1.165) is 25.3 Å². The molecule has 1 aromatic heterocycles. The largest absolute Gasteiger partial charge is 0.378 e. The van der Waals surface area contributed by atoms with E-state index in [1.54, 1.807) is 0 Å². The van der Waals surface area contributed by atoms with Crippen LogP contribution >= 0.6 is 12.4 Å². The van der Waals surface area contributed by atoms with Crippen LogP contribution in [0.2, 0.25) is 0 Å². The monoisotopic (exact) mass is 267 g/mol. The molecule has 2 N–H and O–H groups in total. The number of nitrogens with one attached hydrogen (secondary N) is 2. The molecule has 18 heavy (non-hydrogen) atoms. The minimum Gasteiger partial charge on any atom is -0.378 e. The Bertz CT molecular complexity index is 467. The first-order valence-corrected chi connectivity index (χ1v) is 5.58. The number of nitrogens with zero attached hydrogens (tertiary/aromatic N) is 3. The highest BCUT2D eigenvalue weighted by Crippen LogP contribution is 2.19. The maximum atomic E-state index is 5.44. The summed E-state index contributed by atoms with van der Waals surface area (Å²) >= 11 is 0. The molecule has 6 nitrogen and oxygen atoms in total. The highest BCUT2D eigenvalue weighted by Gasteiger charge is 2.15. The number of ether oxygens (including phenoxy) is 1. The van der Waals surface area contributed by atoms with Gasteiger partial charge in [-0.05, 0) is 10.8 Å². The first kappa shape index (κ1) is 12.9. The highest BCUT2D eigenvalue weighted by molar-refractivity contribution is 5.85. The molecule has 1 aliphatic heterocycles. The molecule has 1 atom stereocenters. The molecule has 2 heterocycles. The first-order chi connectivity index (χ1) is 8.43. The summed E-state index contributed by atoms with van der Waals surface area (Å²) in [7, 11) is 0. The Kier molecular flexibility index (Phi) is 4.24. The number of tetrazole rings is 1. The van der Waals surface area contributed by atoms with Crippen LogP contribution < -0.4 is 5.32 Å². The Labute approximate surface area is 111 Å². The molecule has 2 aromatic rings. The van der Waals surface area contributed by atoms with E-state index in [9.17, 15) is 0 Å². The van der Waals surface area contributed by atoms with Crippen molar-refractivity contribution >= 4 is 12.4 Å². The lowest BCUT2D eigenvalue weighted by Gasteiger charge is -2.24. The number of aromatic nitrogens is 4. The van der Waals surface area contributed by atoms with Gasteiger partial charge in [-0.25, -0.2) is 0 Å². The molecule has 0 unspecified atom stereocenters. The maximum Gasteiger partial charge on any atom is 0.204 e. The fourth-order valence-corrected chi connectivity index (χ4v) is 1.93. The second kappa shape index (κ2) is 5.90. The van der Waals surface area contributed by atoms with E-state index < -0.39 is 0 Å². The van der Waals surface area contributed by atoms with E-state index in [0.29, 0.717) is 5.82 Å². The molecule has 0 aliphatic carbocycles. The van der Waals surface area contributed by atoms with Crippen LogP contribution in [0.1, 0.15) is 11.6 Å². The van der Waals surface area contributed by atoms with E-state index in [4.69, 9.17) is 4.74 Å². The van der Waals surface area contributed by atoms with Gasteiger partial charge in [0, 0.05) is 12.1 Å². The van der Waals surface area contributed by atoms with Crippen molar-refractivity contribution in [2.24, 2.45) is 0 Å². The highest BCUT2D eigenvalue weighted by atomic mass is 35.5. The predicted octanol–water partition coefficient (Wildman–Crippen LogP) is 0.949. The number of H-pyrrole nitrogens is 1. The fourth-order valence-electron chi connectivity index (χ4n) is 1.93. The maximum absolute atomic E-state index is 5.44. The van der Waals surface area contributed by atoms with E-state index >= 15 is 0 Å². The summed E-state index contributed by atoms with van der Waals surface area (Å²) in [6.07, 6.45) is 0. The average molecular weight is 268 g/mol. The number of rotatable bonds is 2. The van der Waals surface area contributed by atoms with Crippen molar-refractivity contribution in [1.82, 2.24) is 25.9 Å². The third-order valence-corrected chi connectivity index (χ3v) is 2.84. The number of hydrogen-bond acceptors (Lipinski definition) is 5. The molecule has 0 radical (unpaired) electrons. The Hall–Kier alpha value is -1.50. The molecule has 0 amide bonds. The van der Waals surface area contributed by atoms with Gasteiger partial charge < -0.3 is 10.1 Å². The summed E-state index contributed by atoms with van der Waals surface area (Å²) in [5.41, 5.74) is 2.18. The van der Waals surface area contributed by atoms with Crippen LogP contribution in [-0.4, -0.2) is 40.4 Å². The summed E-state index contributed by atoms with van der Waals surface area (Å²) in [6, 6.07) is 8.41. The number of halogens is 1. The Morgan fingerprint density at radius 3 is 2.67 bits per heavy atom. The van der Waals surface area contributed by atoms with Crippen molar-refractivity contribution in [3.05, 3.63) is 29.8 Å². The Morgan fingerprint density at radius 1 is 1.22 bits per heavy atom. The van der Waals surface area contributed by atoms with Crippen molar-refractivity contribution in [1.29, 1.82) is 0 Å². The van der Waals surface area contributed by atoms with E-state index in [1.165, 1.54) is 5.56 Å². The smallest absolute Gasteiger partial charge is 0.204 e. The molecular weight excluding hydrogens is 254 g/mol. The van der Waals surface area contributed by atoms with Crippen molar-refractivity contribution in [2.45, 2.75) is 6.04 Å². The molecule has 7 heteroatoms. The van der Waals surface area contributed by atoms with Crippen LogP contribution in [0.15, 0.2) is 24.3 Å². The first-order valence-electron chi connectivity index (χ1n) is 5.58. The van der Waals surface area contributed by atoms with Crippen molar-refractivity contribution in [3.8, 4) is 11.4 Å². The van der Waals surface area contributed by atoms with Gasteiger partial charge in [-0.2, -0.15) is 5.21 Å². The van der Waals surface area contributed by atoms with Gasteiger partial charge in [0.05, 0.1) is 19.3 Å². The standard InChI is InChI=1S/C11H13N5O.ClH/c1-3-9(11-13-15-16-14-11)4-2-8(1)10-7-17-6-5-12-10;/h1-4,10,12H,5-7H2,(H,13,14,15,16);1H/t10-;/m1./s1. The summed E-state index contributed by atoms with van der Waals surface area (Å²) in [5.74, 6) is 0.615. The van der Waals surface area contributed by atoms with Crippen LogP contribution in [0.3, 0.4) is 0 Å². The van der Waals surface area contributed by atoms with Crippen molar-refractivity contribution < 1.29 is 4.74 Å². The van der Waals surface area contributed by atoms with Gasteiger partial charge in [0.25, 0.3) is 0 Å². The zero-order chi connectivity index (χ0) is 11.5. The Morgan fingerprint density at radius 2 is 2.06 bits per heavy atom. The van der Waals surface area contributed by atoms with Crippen LogP contribution in [0, 0.1) is 0 Å². The van der Waals surface area contributed by atoms with Crippen LogP contribution in [0.4, 0.5) is 0 Å². The lowest BCUT2D eigenvalue weighted by molar-refractivity contribution is 0.0769. The molecule has 1 fully saturated rings. The predicted molar refractivity (Wildman–Crippen MR) is 68.4 cm³/mol. The molecule has 1 aromatic carbocycles. The van der Waals surface area contributed by atoms with Gasteiger partial charge in [0.15, 0.2) is 0 Å². The summed E-state index contributed by atoms with van der Waals surface area (Å²) < 4.78 is 5.44. The Balaban J connectivity index is 0.00000120.